The van der Waals surface area contributed by atoms with Crippen molar-refractivity contribution in [2.45, 2.75) is 18.9 Å². The number of hydrogen-bond acceptors (Lipinski definition) is 6. The highest BCUT2D eigenvalue weighted by Gasteiger charge is 2.60. The summed E-state index contributed by atoms with van der Waals surface area (Å²) in [4.78, 5) is 51.6. The molecule has 2 aromatic rings. The van der Waals surface area contributed by atoms with Crippen LogP contribution in [0.1, 0.15) is 24.4 Å². The van der Waals surface area contributed by atoms with Crippen LogP contribution in [-0.4, -0.2) is 32.7 Å². The van der Waals surface area contributed by atoms with Crippen LogP contribution in [0.25, 0.3) is 0 Å². The lowest BCUT2D eigenvalue weighted by molar-refractivity contribution is -0.385. The van der Waals surface area contributed by atoms with Crippen LogP contribution in [0.3, 0.4) is 0 Å². The number of allylic oxidation sites excluding steroid dienone is 2. The number of carbonyl (C=O) groups is 3. The Hall–Kier alpha value is -4.01. The second-order valence-corrected chi connectivity index (χ2v) is 8.71. The van der Waals surface area contributed by atoms with Gasteiger partial charge in [0, 0.05) is 17.8 Å². The summed E-state index contributed by atoms with van der Waals surface area (Å²) < 4.78 is 0. The molecule has 0 spiro atoms. The summed E-state index contributed by atoms with van der Waals surface area (Å²) in [7, 11) is 0. The maximum Gasteiger partial charge on any atom is 0.269 e. The van der Waals surface area contributed by atoms with Gasteiger partial charge in [0.2, 0.25) is 17.7 Å². The zero-order valence-electron chi connectivity index (χ0n) is 17.5. The summed E-state index contributed by atoms with van der Waals surface area (Å²) in [5, 5.41) is 23.4. The molecule has 5 rings (SSSR count). The van der Waals surface area contributed by atoms with Gasteiger partial charge in [0.15, 0.2) is 0 Å². The number of nitrogens with one attached hydrogen (secondary N) is 1. The van der Waals surface area contributed by atoms with Gasteiger partial charge in [0.25, 0.3) is 5.69 Å². The standard InChI is InChI=1S/C24H21N3O6/c28-18-8-6-16(7-9-18)25-20(29)12-19(13-2-1-3-17(11-13)27(32)33)26-23(30)21-14-4-5-15(10-14)22(21)24(26)31/h1-9,11,14-15,19,21-22,28H,10,12H2,(H,25,29). The molecule has 9 nitrogen and oxygen atoms in total. The molecule has 2 bridgehead atoms. The Labute approximate surface area is 188 Å². The number of rotatable bonds is 6. The van der Waals surface area contributed by atoms with E-state index in [0.717, 1.165) is 11.3 Å². The van der Waals surface area contributed by atoms with Crippen LogP contribution in [-0.2, 0) is 14.4 Å². The molecule has 3 amide bonds. The number of nitro benzene ring substituents is 1. The topological polar surface area (TPSA) is 130 Å². The minimum absolute atomic E-state index is 0.0121. The Morgan fingerprint density at radius 1 is 1.09 bits per heavy atom. The van der Waals surface area contributed by atoms with Crippen LogP contribution in [0.5, 0.6) is 5.75 Å². The van der Waals surface area contributed by atoms with Crippen molar-refractivity contribution in [3.63, 3.8) is 0 Å². The van der Waals surface area contributed by atoms with Crippen molar-refractivity contribution in [3.8, 4) is 5.75 Å². The van der Waals surface area contributed by atoms with Gasteiger partial charge in [-0.2, -0.15) is 0 Å². The fraction of sp³-hybridized carbons (Fsp3) is 0.292. The number of nitro groups is 1. The number of nitrogens with zero attached hydrogens (tertiary/aromatic N) is 2. The third kappa shape index (κ3) is 3.55. The van der Waals surface area contributed by atoms with Crippen LogP contribution in [0.15, 0.2) is 60.7 Å². The zero-order valence-corrected chi connectivity index (χ0v) is 17.5. The number of amides is 3. The molecule has 5 atom stereocenters. The number of hydrogen-bond donors (Lipinski definition) is 2. The summed E-state index contributed by atoms with van der Waals surface area (Å²) in [5.41, 5.74) is 0.610. The summed E-state index contributed by atoms with van der Waals surface area (Å²) in [5.74, 6) is -1.91. The van der Waals surface area contributed by atoms with E-state index in [4.69, 9.17) is 0 Å². The fourth-order valence-electron chi connectivity index (χ4n) is 5.37. The Bertz CT molecular complexity index is 1160. The first-order chi connectivity index (χ1) is 15.8. The number of anilines is 1. The van der Waals surface area contributed by atoms with Gasteiger partial charge in [-0.25, -0.2) is 0 Å². The van der Waals surface area contributed by atoms with E-state index in [0.29, 0.717) is 11.3 Å². The zero-order chi connectivity index (χ0) is 23.3. The Balaban J connectivity index is 1.47. The average Bonchev–Trinajstić information content (AvgIpc) is 3.48. The molecule has 2 aliphatic carbocycles. The van der Waals surface area contributed by atoms with Crippen LogP contribution in [0, 0.1) is 33.8 Å². The predicted octanol–water partition coefficient (Wildman–Crippen LogP) is 3.18. The van der Waals surface area contributed by atoms with E-state index in [9.17, 15) is 29.6 Å². The number of phenols is 1. The van der Waals surface area contributed by atoms with Gasteiger partial charge in [0.1, 0.15) is 5.75 Å². The lowest BCUT2D eigenvalue weighted by Gasteiger charge is -2.28. The highest BCUT2D eigenvalue weighted by Crippen LogP contribution is 2.54. The minimum atomic E-state index is -0.966. The first-order valence-electron chi connectivity index (χ1n) is 10.7. The van der Waals surface area contributed by atoms with E-state index in [1.165, 1.54) is 42.5 Å². The molecule has 0 radical (unpaired) electrons. The number of aromatic hydroxyl groups is 1. The molecule has 1 aliphatic heterocycles. The minimum Gasteiger partial charge on any atom is -0.508 e. The van der Waals surface area contributed by atoms with Crippen LogP contribution >= 0.6 is 0 Å². The quantitative estimate of drug-likeness (QED) is 0.230. The summed E-state index contributed by atoms with van der Waals surface area (Å²) >= 11 is 0. The maximum absolute atomic E-state index is 13.4. The number of non-ortho nitro benzene ring substituents is 1. The highest BCUT2D eigenvalue weighted by atomic mass is 16.6. The summed E-state index contributed by atoms with van der Waals surface area (Å²) in [6.07, 6.45) is 4.51. The molecular formula is C24H21N3O6. The van der Waals surface area contributed by atoms with E-state index in [1.807, 2.05) is 12.2 Å². The second kappa shape index (κ2) is 7.84. The number of likely N-dealkylation sites (tertiary alicyclic amines) is 1. The first kappa shape index (κ1) is 20.9. The Kier molecular flexibility index (Phi) is 4.96. The first-order valence-corrected chi connectivity index (χ1v) is 10.7. The molecule has 1 saturated carbocycles. The lowest BCUT2D eigenvalue weighted by Crippen LogP contribution is -2.38. The number of imide groups is 1. The predicted molar refractivity (Wildman–Crippen MR) is 117 cm³/mol. The van der Waals surface area contributed by atoms with Crippen molar-refractivity contribution < 1.29 is 24.4 Å². The van der Waals surface area contributed by atoms with Crippen molar-refractivity contribution in [2.24, 2.45) is 23.7 Å². The molecule has 2 aromatic carbocycles. The molecule has 5 unspecified atom stereocenters. The van der Waals surface area contributed by atoms with Gasteiger partial charge >= 0.3 is 0 Å². The van der Waals surface area contributed by atoms with Crippen molar-refractivity contribution in [2.75, 3.05) is 5.32 Å². The van der Waals surface area contributed by atoms with Crippen molar-refractivity contribution in [1.29, 1.82) is 0 Å². The molecule has 2 N–H and O–H groups in total. The van der Waals surface area contributed by atoms with Gasteiger partial charge in [-0.05, 0) is 48.1 Å². The van der Waals surface area contributed by atoms with Crippen molar-refractivity contribution in [3.05, 3.63) is 76.4 Å². The number of benzene rings is 2. The van der Waals surface area contributed by atoms with Crippen molar-refractivity contribution in [1.82, 2.24) is 4.90 Å². The number of phenolic OH excluding ortho intramolecular Hbond substituents is 1. The smallest absolute Gasteiger partial charge is 0.269 e. The molecule has 168 valence electrons. The van der Waals surface area contributed by atoms with E-state index in [1.54, 1.807) is 6.07 Å². The normalized spacial score (nSPS) is 25.9. The molecular weight excluding hydrogens is 426 g/mol. The lowest BCUT2D eigenvalue weighted by atomic mass is 9.85. The van der Waals surface area contributed by atoms with E-state index in [-0.39, 0.29) is 41.5 Å². The van der Waals surface area contributed by atoms with Gasteiger partial charge in [-0.15, -0.1) is 0 Å². The molecule has 2 fully saturated rings. The van der Waals surface area contributed by atoms with Crippen molar-refractivity contribution >= 4 is 29.1 Å². The third-order valence-electron chi connectivity index (χ3n) is 6.81. The largest absolute Gasteiger partial charge is 0.508 e. The molecule has 0 aromatic heterocycles. The van der Waals surface area contributed by atoms with Gasteiger partial charge in [-0.1, -0.05) is 24.3 Å². The van der Waals surface area contributed by atoms with Gasteiger partial charge in [0.05, 0.1) is 29.2 Å². The SMILES string of the molecule is O=C(CC(c1cccc([N+](=O)[O-])c1)N1C(=O)C2C3C=CC(C3)C2C1=O)Nc1ccc(O)cc1. The van der Waals surface area contributed by atoms with E-state index >= 15 is 0 Å². The molecule has 9 heteroatoms. The summed E-state index contributed by atoms with van der Waals surface area (Å²) in [6.45, 7) is 0. The second-order valence-electron chi connectivity index (χ2n) is 8.71. The molecule has 1 heterocycles. The van der Waals surface area contributed by atoms with Crippen LogP contribution in [0.4, 0.5) is 11.4 Å². The van der Waals surface area contributed by atoms with E-state index < -0.39 is 28.7 Å². The Morgan fingerprint density at radius 3 is 2.33 bits per heavy atom. The fourth-order valence-corrected chi connectivity index (χ4v) is 5.37. The molecule has 1 saturated heterocycles. The number of fused-ring (bicyclic) bond motifs is 5. The van der Waals surface area contributed by atoms with Crippen LogP contribution < -0.4 is 5.32 Å². The van der Waals surface area contributed by atoms with Gasteiger partial charge in [-0.3, -0.25) is 29.4 Å². The number of carbonyl (C=O) groups excluding carboxylic acids is 3. The molecule has 3 aliphatic rings. The molecule has 33 heavy (non-hydrogen) atoms. The third-order valence-corrected chi connectivity index (χ3v) is 6.81. The average molecular weight is 447 g/mol. The van der Waals surface area contributed by atoms with Crippen LogP contribution in [0.2, 0.25) is 0 Å². The van der Waals surface area contributed by atoms with Gasteiger partial charge < -0.3 is 10.4 Å². The highest BCUT2D eigenvalue weighted by molar-refractivity contribution is 6.07. The Morgan fingerprint density at radius 2 is 1.73 bits per heavy atom. The monoisotopic (exact) mass is 447 g/mol. The van der Waals surface area contributed by atoms with E-state index in [2.05, 4.69) is 5.32 Å². The maximum atomic E-state index is 13.4. The summed E-state index contributed by atoms with van der Waals surface area (Å²) in [6, 6.07) is 10.6.